The van der Waals surface area contributed by atoms with Crippen molar-refractivity contribution in [1.82, 2.24) is 0 Å². The van der Waals surface area contributed by atoms with Gasteiger partial charge in [0.25, 0.3) is 0 Å². The highest BCUT2D eigenvalue weighted by Gasteiger charge is 2.44. The topological polar surface area (TPSA) is 26.0 Å². The second kappa shape index (κ2) is 3.02. The zero-order valence-electron chi connectivity index (χ0n) is 8.06. The predicted octanol–water partition coefficient (Wildman–Crippen LogP) is 2.76. The molecular weight excluding hydrogens is 184 g/mol. The van der Waals surface area contributed by atoms with Gasteiger partial charge < -0.3 is 5.73 Å². The Hall–Kier alpha value is -0.960. The van der Waals surface area contributed by atoms with Crippen LogP contribution in [0.2, 0.25) is 0 Å². The van der Waals surface area contributed by atoms with Crippen molar-refractivity contribution in [3.63, 3.8) is 0 Å². The highest BCUT2D eigenvalue weighted by molar-refractivity contribution is 5.25. The Kier molecular flexibility index (Phi) is 2.07. The number of nitrogens with two attached hydrogens (primary N) is 1. The Balaban J connectivity index is 2.35. The summed E-state index contributed by atoms with van der Waals surface area (Å²) >= 11 is 0. The van der Waals surface area contributed by atoms with Crippen LogP contribution in [-0.2, 0) is 0 Å². The second-order valence-electron chi connectivity index (χ2n) is 4.30. The van der Waals surface area contributed by atoms with Gasteiger partial charge in [0.15, 0.2) is 0 Å². The van der Waals surface area contributed by atoms with E-state index < -0.39 is 17.7 Å². The van der Waals surface area contributed by atoms with E-state index in [0.717, 1.165) is 25.0 Å². The first kappa shape index (κ1) is 9.59. The predicted molar refractivity (Wildman–Crippen MR) is 50.6 cm³/mol. The Morgan fingerprint density at radius 2 is 2.00 bits per heavy atom. The average Bonchev–Trinajstić information content (AvgIpc) is 2.88. The summed E-state index contributed by atoms with van der Waals surface area (Å²) in [7, 11) is 0. The van der Waals surface area contributed by atoms with Crippen LogP contribution in [0, 0.1) is 17.0 Å². The maximum atomic E-state index is 13.3. The molecule has 2 rings (SSSR count). The SMILES string of the molecule is CC1(C(N)c2cc(F)ccc2F)CC1. The number of hydrogen-bond acceptors (Lipinski definition) is 1. The number of hydrogen-bond donors (Lipinski definition) is 1. The molecule has 1 unspecified atom stereocenters. The summed E-state index contributed by atoms with van der Waals surface area (Å²) in [6.45, 7) is 2.00. The molecule has 0 spiro atoms. The van der Waals surface area contributed by atoms with E-state index in [1.54, 1.807) is 0 Å². The molecule has 1 saturated carbocycles. The Labute approximate surface area is 81.9 Å². The van der Waals surface area contributed by atoms with E-state index in [4.69, 9.17) is 5.73 Å². The molecule has 1 nitrogen and oxygen atoms in total. The van der Waals surface area contributed by atoms with Gasteiger partial charge in [-0.1, -0.05) is 6.92 Å². The molecule has 14 heavy (non-hydrogen) atoms. The van der Waals surface area contributed by atoms with Crippen LogP contribution in [0.25, 0.3) is 0 Å². The number of rotatable bonds is 2. The molecule has 0 saturated heterocycles. The quantitative estimate of drug-likeness (QED) is 0.775. The zero-order chi connectivity index (χ0) is 10.3. The van der Waals surface area contributed by atoms with Crippen LogP contribution < -0.4 is 5.73 Å². The van der Waals surface area contributed by atoms with Crippen LogP contribution in [0.5, 0.6) is 0 Å². The monoisotopic (exact) mass is 197 g/mol. The smallest absolute Gasteiger partial charge is 0.128 e. The molecule has 0 aromatic heterocycles. The minimum absolute atomic E-state index is 0.0331. The minimum Gasteiger partial charge on any atom is -0.323 e. The first-order valence-electron chi connectivity index (χ1n) is 4.73. The summed E-state index contributed by atoms with van der Waals surface area (Å²) in [5.74, 6) is -0.840. The highest BCUT2D eigenvalue weighted by Crippen LogP contribution is 2.53. The van der Waals surface area contributed by atoms with Gasteiger partial charge in [0.2, 0.25) is 0 Å². The third-order valence-corrected chi connectivity index (χ3v) is 3.08. The van der Waals surface area contributed by atoms with Crippen LogP contribution in [0.3, 0.4) is 0 Å². The molecule has 1 aliphatic rings. The largest absolute Gasteiger partial charge is 0.323 e. The van der Waals surface area contributed by atoms with E-state index in [0.29, 0.717) is 5.56 Å². The van der Waals surface area contributed by atoms with Gasteiger partial charge in [-0.2, -0.15) is 0 Å². The van der Waals surface area contributed by atoms with Gasteiger partial charge in [-0.3, -0.25) is 0 Å². The maximum Gasteiger partial charge on any atom is 0.128 e. The fraction of sp³-hybridized carbons (Fsp3) is 0.455. The number of benzene rings is 1. The summed E-state index contributed by atoms with van der Waals surface area (Å²) < 4.78 is 26.2. The fourth-order valence-corrected chi connectivity index (χ4v) is 1.64. The van der Waals surface area contributed by atoms with Crippen LogP contribution in [-0.4, -0.2) is 0 Å². The van der Waals surface area contributed by atoms with E-state index >= 15 is 0 Å². The van der Waals surface area contributed by atoms with Gasteiger partial charge in [0.1, 0.15) is 11.6 Å². The van der Waals surface area contributed by atoms with Gasteiger partial charge in [-0.25, -0.2) is 8.78 Å². The molecule has 0 amide bonds. The fourth-order valence-electron chi connectivity index (χ4n) is 1.64. The molecule has 1 atom stereocenters. The molecule has 76 valence electrons. The van der Waals surface area contributed by atoms with Gasteiger partial charge in [0, 0.05) is 11.6 Å². The molecule has 0 bridgehead atoms. The van der Waals surface area contributed by atoms with Crippen LogP contribution in [0.15, 0.2) is 18.2 Å². The molecule has 0 aliphatic heterocycles. The molecule has 3 heteroatoms. The van der Waals surface area contributed by atoms with E-state index in [9.17, 15) is 8.78 Å². The molecule has 0 radical (unpaired) electrons. The van der Waals surface area contributed by atoms with Crippen molar-refractivity contribution in [2.75, 3.05) is 0 Å². The summed E-state index contributed by atoms with van der Waals surface area (Å²) in [6, 6.07) is 3.05. The van der Waals surface area contributed by atoms with Crippen molar-refractivity contribution >= 4 is 0 Å². The molecule has 0 heterocycles. The highest BCUT2D eigenvalue weighted by atomic mass is 19.1. The van der Waals surface area contributed by atoms with Gasteiger partial charge >= 0.3 is 0 Å². The lowest BCUT2D eigenvalue weighted by Crippen LogP contribution is -2.21. The minimum atomic E-state index is -0.430. The van der Waals surface area contributed by atoms with Crippen molar-refractivity contribution in [1.29, 1.82) is 0 Å². The van der Waals surface area contributed by atoms with Crippen molar-refractivity contribution in [3.8, 4) is 0 Å². The third-order valence-electron chi connectivity index (χ3n) is 3.08. The van der Waals surface area contributed by atoms with E-state index in [1.807, 2.05) is 6.92 Å². The lowest BCUT2D eigenvalue weighted by Gasteiger charge is -2.19. The molecule has 1 aromatic carbocycles. The summed E-state index contributed by atoms with van der Waals surface area (Å²) in [5.41, 5.74) is 6.16. The summed E-state index contributed by atoms with van der Waals surface area (Å²) in [6.07, 6.45) is 1.98. The lowest BCUT2D eigenvalue weighted by molar-refractivity contribution is 0.429. The van der Waals surface area contributed by atoms with Crippen molar-refractivity contribution in [3.05, 3.63) is 35.4 Å². The van der Waals surface area contributed by atoms with Crippen LogP contribution in [0.1, 0.15) is 31.4 Å². The van der Waals surface area contributed by atoms with Gasteiger partial charge in [0.05, 0.1) is 0 Å². The van der Waals surface area contributed by atoms with E-state index in [1.165, 1.54) is 6.07 Å². The van der Waals surface area contributed by atoms with Crippen molar-refractivity contribution in [2.24, 2.45) is 11.1 Å². The second-order valence-corrected chi connectivity index (χ2v) is 4.30. The van der Waals surface area contributed by atoms with Gasteiger partial charge in [-0.05, 0) is 36.5 Å². The molecule has 1 aromatic rings. The van der Waals surface area contributed by atoms with Crippen LogP contribution in [0.4, 0.5) is 8.78 Å². The Bertz CT molecular complexity index is 358. The Morgan fingerprint density at radius 3 is 2.57 bits per heavy atom. The molecule has 1 fully saturated rings. The first-order valence-corrected chi connectivity index (χ1v) is 4.73. The van der Waals surface area contributed by atoms with Crippen LogP contribution >= 0.6 is 0 Å². The van der Waals surface area contributed by atoms with E-state index in [-0.39, 0.29) is 5.41 Å². The third kappa shape index (κ3) is 1.52. The maximum absolute atomic E-state index is 13.3. The standard InChI is InChI=1S/C11H13F2N/c1-11(4-5-11)10(14)8-6-7(12)2-3-9(8)13/h2-3,6,10H,4-5,14H2,1H3. The summed E-state index contributed by atoms with van der Waals surface area (Å²) in [4.78, 5) is 0. The van der Waals surface area contributed by atoms with Crippen molar-refractivity contribution in [2.45, 2.75) is 25.8 Å². The van der Waals surface area contributed by atoms with Gasteiger partial charge in [-0.15, -0.1) is 0 Å². The zero-order valence-corrected chi connectivity index (χ0v) is 8.06. The first-order chi connectivity index (χ1) is 6.53. The van der Waals surface area contributed by atoms with Crippen molar-refractivity contribution < 1.29 is 8.78 Å². The molecule has 2 N–H and O–H groups in total. The number of halogens is 2. The lowest BCUT2D eigenvalue weighted by atomic mass is 9.92. The van der Waals surface area contributed by atoms with E-state index in [2.05, 4.69) is 0 Å². The Morgan fingerprint density at radius 1 is 1.36 bits per heavy atom. The normalized spacial score (nSPS) is 20.6. The average molecular weight is 197 g/mol. The molecule has 1 aliphatic carbocycles. The summed E-state index contributed by atoms with van der Waals surface area (Å²) in [5, 5.41) is 0. The molecular formula is C11H13F2N.